The van der Waals surface area contributed by atoms with Crippen LogP contribution in [0.1, 0.15) is 33.1 Å². The standard InChI is InChI=1S/C18H30N2O2/c1-15(2)8-12-22-17-6-3-5-16(13-17)20-10-9-19-14-18-7-4-11-21-18/h3,5-6,13,15,18-20H,4,7-12,14H2,1-2H3. The first-order valence-electron chi connectivity index (χ1n) is 8.53. The van der Waals surface area contributed by atoms with E-state index in [2.05, 4.69) is 36.6 Å². The molecule has 124 valence electrons. The van der Waals surface area contributed by atoms with E-state index in [1.807, 2.05) is 12.1 Å². The van der Waals surface area contributed by atoms with Gasteiger partial charge < -0.3 is 20.1 Å². The van der Waals surface area contributed by atoms with Crippen LogP contribution >= 0.6 is 0 Å². The number of anilines is 1. The van der Waals surface area contributed by atoms with Gasteiger partial charge >= 0.3 is 0 Å². The molecule has 4 heteroatoms. The average molecular weight is 306 g/mol. The van der Waals surface area contributed by atoms with Crippen LogP contribution in [0, 0.1) is 5.92 Å². The summed E-state index contributed by atoms with van der Waals surface area (Å²) in [6.07, 6.45) is 3.90. The van der Waals surface area contributed by atoms with Crippen molar-refractivity contribution in [1.29, 1.82) is 0 Å². The molecule has 0 aliphatic carbocycles. The van der Waals surface area contributed by atoms with Crippen LogP contribution in [0.25, 0.3) is 0 Å². The van der Waals surface area contributed by atoms with E-state index in [0.717, 1.165) is 50.7 Å². The van der Waals surface area contributed by atoms with Gasteiger partial charge in [0.25, 0.3) is 0 Å². The number of ether oxygens (including phenoxy) is 2. The molecule has 0 saturated carbocycles. The minimum atomic E-state index is 0.415. The van der Waals surface area contributed by atoms with E-state index in [1.165, 1.54) is 12.8 Å². The van der Waals surface area contributed by atoms with E-state index in [0.29, 0.717) is 12.0 Å². The van der Waals surface area contributed by atoms with Crippen LogP contribution in [0.4, 0.5) is 5.69 Å². The molecule has 1 fully saturated rings. The number of nitrogens with one attached hydrogen (secondary N) is 2. The predicted molar refractivity (Wildman–Crippen MR) is 91.7 cm³/mol. The first-order chi connectivity index (χ1) is 10.7. The molecule has 0 spiro atoms. The predicted octanol–water partition coefficient (Wildman–Crippen LogP) is 3.29. The fraction of sp³-hybridized carbons (Fsp3) is 0.667. The molecule has 0 amide bonds. The third-order valence-corrected chi connectivity index (χ3v) is 3.82. The Morgan fingerprint density at radius 2 is 2.23 bits per heavy atom. The van der Waals surface area contributed by atoms with E-state index < -0.39 is 0 Å². The molecule has 22 heavy (non-hydrogen) atoms. The monoisotopic (exact) mass is 306 g/mol. The second-order valence-corrected chi connectivity index (χ2v) is 6.32. The van der Waals surface area contributed by atoms with Gasteiger partial charge in [0, 0.05) is 38.0 Å². The summed E-state index contributed by atoms with van der Waals surface area (Å²) in [4.78, 5) is 0. The summed E-state index contributed by atoms with van der Waals surface area (Å²) in [7, 11) is 0. The van der Waals surface area contributed by atoms with Crippen molar-refractivity contribution in [2.75, 3.05) is 38.2 Å². The topological polar surface area (TPSA) is 42.5 Å². The van der Waals surface area contributed by atoms with Gasteiger partial charge in [0.2, 0.25) is 0 Å². The Labute approximate surface area is 134 Å². The fourth-order valence-corrected chi connectivity index (χ4v) is 2.47. The molecular weight excluding hydrogens is 276 g/mol. The van der Waals surface area contributed by atoms with Crippen LogP contribution < -0.4 is 15.4 Å². The minimum absolute atomic E-state index is 0.415. The van der Waals surface area contributed by atoms with Crippen molar-refractivity contribution >= 4 is 5.69 Å². The van der Waals surface area contributed by atoms with Crippen molar-refractivity contribution in [2.45, 2.75) is 39.2 Å². The Hall–Kier alpha value is -1.26. The molecule has 1 aliphatic rings. The minimum Gasteiger partial charge on any atom is -0.494 e. The van der Waals surface area contributed by atoms with Crippen molar-refractivity contribution in [3.05, 3.63) is 24.3 Å². The average Bonchev–Trinajstić information content (AvgIpc) is 3.00. The van der Waals surface area contributed by atoms with Gasteiger partial charge in [-0.15, -0.1) is 0 Å². The Morgan fingerprint density at radius 1 is 1.32 bits per heavy atom. The maximum absolute atomic E-state index is 5.78. The Balaban J connectivity index is 1.60. The third kappa shape index (κ3) is 6.67. The van der Waals surface area contributed by atoms with Crippen molar-refractivity contribution < 1.29 is 9.47 Å². The number of hydrogen-bond donors (Lipinski definition) is 2. The number of hydrogen-bond acceptors (Lipinski definition) is 4. The lowest BCUT2D eigenvalue weighted by molar-refractivity contribution is 0.110. The zero-order valence-electron chi connectivity index (χ0n) is 13.9. The number of benzene rings is 1. The molecule has 2 rings (SSSR count). The van der Waals surface area contributed by atoms with Crippen molar-refractivity contribution in [1.82, 2.24) is 5.32 Å². The molecule has 1 aliphatic heterocycles. The highest BCUT2D eigenvalue weighted by Crippen LogP contribution is 2.17. The van der Waals surface area contributed by atoms with Crippen LogP contribution in [0.3, 0.4) is 0 Å². The highest BCUT2D eigenvalue weighted by atomic mass is 16.5. The highest BCUT2D eigenvalue weighted by Gasteiger charge is 2.13. The summed E-state index contributed by atoms with van der Waals surface area (Å²) in [5.74, 6) is 1.62. The van der Waals surface area contributed by atoms with Gasteiger partial charge in [0.15, 0.2) is 0 Å². The third-order valence-electron chi connectivity index (χ3n) is 3.82. The molecule has 1 aromatic carbocycles. The molecular formula is C18H30N2O2. The van der Waals surface area contributed by atoms with Gasteiger partial charge in [-0.1, -0.05) is 19.9 Å². The molecule has 0 aromatic heterocycles. The maximum Gasteiger partial charge on any atom is 0.121 e. The Kier molecular flexibility index (Phi) is 7.54. The molecule has 1 saturated heterocycles. The van der Waals surface area contributed by atoms with Crippen LogP contribution in [-0.4, -0.2) is 39.0 Å². The van der Waals surface area contributed by atoms with E-state index in [9.17, 15) is 0 Å². The summed E-state index contributed by atoms with van der Waals surface area (Å²) >= 11 is 0. The van der Waals surface area contributed by atoms with E-state index in [4.69, 9.17) is 9.47 Å². The lowest BCUT2D eigenvalue weighted by atomic mass is 10.1. The zero-order valence-corrected chi connectivity index (χ0v) is 13.9. The van der Waals surface area contributed by atoms with Gasteiger partial charge in [0.05, 0.1) is 12.7 Å². The fourth-order valence-electron chi connectivity index (χ4n) is 2.47. The Bertz CT molecular complexity index is 417. The molecule has 2 N–H and O–H groups in total. The summed E-state index contributed by atoms with van der Waals surface area (Å²) < 4.78 is 11.4. The van der Waals surface area contributed by atoms with Gasteiger partial charge in [-0.2, -0.15) is 0 Å². The largest absolute Gasteiger partial charge is 0.494 e. The molecule has 1 unspecified atom stereocenters. The molecule has 0 bridgehead atoms. The van der Waals surface area contributed by atoms with Crippen LogP contribution in [-0.2, 0) is 4.74 Å². The van der Waals surface area contributed by atoms with Crippen LogP contribution in [0.5, 0.6) is 5.75 Å². The molecule has 0 radical (unpaired) electrons. The maximum atomic E-state index is 5.78. The summed E-state index contributed by atoms with van der Waals surface area (Å²) in [5.41, 5.74) is 1.11. The van der Waals surface area contributed by atoms with Gasteiger partial charge in [0.1, 0.15) is 5.75 Å². The summed E-state index contributed by atoms with van der Waals surface area (Å²) in [6, 6.07) is 8.20. The Morgan fingerprint density at radius 3 is 3.00 bits per heavy atom. The van der Waals surface area contributed by atoms with Gasteiger partial charge in [-0.25, -0.2) is 0 Å². The van der Waals surface area contributed by atoms with Gasteiger partial charge in [-0.05, 0) is 37.3 Å². The zero-order chi connectivity index (χ0) is 15.6. The van der Waals surface area contributed by atoms with Crippen molar-refractivity contribution in [3.63, 3.8) is 0 Å². The molecule has 1 heterocycles. The van der Waals surface area contributed by atoms with E-state index in [1.54, 1.807) is 0 Å². The summed E-state index contributed by atoms with van der Waals surface area (Å²) in [6.45, 7) is 8.94. The normalized spacial score (nSPS) is 17.9. The quantitative estimate of drug-likeness (QED) is 0.651. The molecule has 1 aromatic rings. The first-order valence-corrected chi connectivity index (χ1v) is 8.53. The second-order valence-electron chi connectivity index (χ2n) is 6.32. The lowest BCUT2D eigenvalue weighted by Gasteiger charge is -2.13. The SMILES string of the molecule is CC(C)CCOc1cccc(NCCNCC2CCCO2)c1. The summed E-state index contributed by atoms with van der Waals surface area (Å²) in [5, 5.41) is 6.87. The van der Waals surface area contributed by atoms with Crippen LogP contribution in [0.2, 0.25) is 0 Å². The van der Waals surface area contributed by atoms with Crippen molar-refractivity contribution in [2.24, 2.45) is 5.92 Å². The van der Waals surface area contributed by atoms with Crippen LogP contribution in [0.15, 0.2) is 24.3 Å². The van der Waals surface area contributed by atoms with Crippen molar-refractivity contribution in [3.8, 4) is 5.75 Å². The smallest absolute Gasteiger partial charge is 0.121 e. The highest BCUT2D eigenvalue weighted by molar-refractivity contribution is 5.48. The van der Waals surface area contributed by atoms with Gasteiger partial charge in [-0.3, -0.25) is 0 Å². The lowest BCUT2D eigenvalue weighted by Crippen LogP contribution is -2.30. The second kappa shape index (κ2) is 9.70. The molecule has 4 nitrogen and oxygen atoms in total. The number of rotatable bonds is 10. The molecule has 1 atom stereocenters. The first kappa shape index (κ1) is 17.1. The van der Waals surface area contributed by atoms with E-state index in [-0.39, 0.29) is 0 Å². The van der Waals surface area contributed by atoms with E-state index >= 15 is 0 Å².